The second kappa shape index (κ2) is 4.27. The van der Waals surface area contributed by atoms with Crippen LogP contribution in [0.1, 0.15) is 6.92 Å². The number of rotatable bonds is 2. The lowest BCUT2D eigenvalue weighted by atomic mass is 10.0. The molecule has 0 aromatic heterocycles. The standard InChI is InChI=1S/C14H13O3P/c1-2-16-18(15)14-10-6-4-8-12(14)11-7-3-5-9-13(11)17-18/h3-10H,2H2,1H3. The van der Waals surface area contributed by atoms with E-state index in [4.69, 9.17) is 9.05 Å². The fraction of sp³-hybridized carbons (Fsp3) is 0.143. The van der Waals surface area contributed by atoms with Crippen LogP contribution >= 0.6 is 7.60 Å². The molecule has 0 saturated carbocycles. The van der Waals surface area contributed by atoms with Crippen LogP contribution in [0, 0.1) is 0 Å². The van der Waals surface area contributed by atoms with Crippen LogP contribution < -0.4 is 9.83 Å². The normalized spacial score (nSPS) is 20.7. The quantitative estimate of drug-likeness (QED) is 0.774. The van der Waals surface area contributed by atoms with E-state index in [9.17, 15) is 4.57 Å². The molecule has 1 aliphatic heterocycles. The van der Waals surface area contributed by atoms with Gasteiger partial charge in [-0.2, -0.15) is 0 Å². The predicted molar refractivity (Wildman–Crippen MR) is 71.4 cm³/mol. The molecule has 1 heterocycles. The Hall–Kier alpha value is -1.57. The molecule has 0 fully saturated rings. The molecular weight excluding hydrogens is 247 g/mol. The van der Waals surface area contributed by atoms with E-state index in [1.54, 1.807) is 0 Å². The highest BCUT2D eigenvalue weighted by molar-refractivity contribution is 7.63. The summed E-state index contributed by atoms with van der Waals surface area (Å²) in [4.78, 5) is 0. The predicted octanol–water partition coefficient (Wildman–Crippen LogP) is 3.60. The summed E-state index contributed by atoms with van der Waals surface area (Å²) in [6.07, 6.45) is 0. The van der Waals surface area contributed by atoms with Crippen molar-refractivity contribution in [1.82, 2.24) is 0 Å². The highest BCUT2D eigenvalue weighted by Gasteiger charge is 2.36. The summed E-state index contributed by atoms with van der Waals surface area (Å²) in [5, 5.41) is 0.644. The van der Waals surface area contributed by atoms with E-state index in [2.05, 4.69) is 0 Å². The maximum Gasteiger partial charge on any atom is 0.411 e. The molecule has 2 aromatic carbocycles. The SMILES string of the molecule is CCOP1(=O)Oc2ccccc2-c2ccccc21. The lowest BCUT2D eigenvalue weighted by Crippen LogP contribution is -2.19. The van der Waals surface area contributed by atoms with Crippen molar-refractivity contribution in [2.45, 2.75) is 6.92 Å². The molecule has 3 nitrogen and oxygen atoms in total. The molecule has 1 atom stereocenters. The molecular formula is C14H13O3P. The maximum atomic E-state index is 12.8. The van der Waals surface area contributed by atoms with Gasteiger partial charge in [-0.3, -0.25) is 4.52 Å². The third-order valence-corrected chi connectivity index (χ3v) is 4.91. The average Bonchev–Trinajstić information content (AvgIpc) is 2.39. The largest absolute Gasteiger partial charge is 0.421 e. The number of fused-ring (bicyclic) bond motifs is 3. The van der Waals surface area contributed by atoms with Gasteiger partial charge in [-0.15, -0.1) is 0 Å². The first-order valence-electron chi connectivity index (χ1n) is 5.88. The zero-order valence-corrected chi connectivity index (χ0v) is 10.9. The van der Waals surface area contributed by atoms with E-state index in [1.807, 2.05) is 55.5 Å². The van der Waals surface area contributed by atoms with Gasteiger partial charge >= 0.3 is 7.60 Å². The van der Waals surface area contributed by atoms with Crippen molar-refractivity contribution in [3.8, 4) is 16.9 Å². The summed E-state index contributed by atoms with van der Waals surface area (Å²) in [5.41, 5.74) is 1.88. The van der Waals surface area contributed by atoms with Gasteiger partial charge in [0.1, 0.15) is 5.75 Å². The van der Waals surface area contributed by atoms with E-state index >= 15 is 0 Å². The van der Waals surface area contributed by atoms with Gasteiger partial charge < -0.3 is 4.52 Å². The maximum absolute atomic E-state index is 12.8. The van der Waals surface area contributed by atoms with Crippen molar-refractivity contribution in [2.75, 3.05) is 6.61 Å². The topological polar surface area (TPSA) is 35.5 Å². The van der Waals surface area contributed by atoms with Crippen molar-refractivity contribution in [2.24, 2.45) is 0 Å². The second-order valence-corrected chi connectivity index (χ2v) is 5.94. The fourth-order valence-electron chi connectivity index (χ4n) is 2.15. The first-order chi connectivity index (χ1) is 8.74. The molecule has 0 saturated heterocycles. The minimum Gasteiger partial charge on any atom is -0.421 e. The number of hydrogen-bond acceptors (Lipinski definition) is 3. The van der Waals surface area contributed by atoms with Gasteiger partial charge in [-0.25, -0.2) is 4.57 Å². The Morgan fingerprint density at radius 1 is 1.06 bits per heavy atom. The number of hydrogen-bond donors (Lipinski definition) is 0. The summed E-state index contributed by atoms with van der Waals surface area (Å²) in [7, 11) is -3.24. The summed E-state index contributed by atoms with van der Waals surface area (Å²) < 4.78 is 23.8. The van der Waals surface area contributed by atoms with E-state index in [-0.39, 0.29) is 0 Å². The Balaban J connectivity index is 2.26. The van der Waals surface area contributed by atoms with Crippen LogP contribution in [0.3, 0.4) is 0 Å². The second-order valence-electron chi connectivity index (χ2n) is 4.02. The van der Waals surface area contributed by atoms with Crippen LogP contribution in [0.15, 0.2) is 48.5 Å². The molecule has 0 amide bonds. The third-order valence-electron chi connectivity index (χ3n) is 2.89. The Labute approximate surface area is 106 Å². The molecule has 1 aliphatic rings. The molecule has 0 aliphatic carbocycles. The van der Waals surface area contributed by atoms with E-state index in [0.717, 1.165) is 11.1 Å². The van der Waals surface area contributed by atoms with Gasteiger partial charge in [0, 0.05) is 11.1 Å². The molecule has 0 spiro atoms. The Morgan fingerprint density at radius 3 is 2.50 bits per heavy atom. The molecule has 2 aromatic rings. The Morgan fingerprint density at radius 2 is 1.72 bits per heavy atom. The van der Waals surface area contributed by atoms with Crippen LogP contribution in [-0.2, 0) is 9.09 Å². The van der Waals surface area contributed by atoms with Crippen molar-refractivity contribution < 1.29 is 13.6 Å². The molecule has 0 N–H and O–H groups in total. The average molecular weight is 260 g/mol. The molecule has 18 heavy (non-hydrogen) atoms. The molecule has 0 radical (unpaired) electrons. The highest BCUT2D eigenvalue weighted by Crippen LogP contribution is 2.54. The van der Waals surface area contributed by atoms with Gasteiger partial charge in [0.25, 0.3) is 0 Å². The Kier molecular flexibility index (Phi) is 2.73. The van der Waals surface area contributed by atoms with Crippen molar-refractivity contribution in [3.05, 3.63) is 48.5 Å². The minimum atomic E-state index is -3.24. The van der Waals surface area contributed by atoms with Crippen LogP contribution in [0.5, 0.6) is 5.75 Å². The summed E-state index contributed by atoms with van der Waals surface area (Å²) >= 11 is 0. The van der Waals surface area contributed by atoms with E-state index in [1.165, 1.54) is 0 Å². The third kappa shape index (κ3) is 1.67. The summed E-state index contributed by atoms with van der Waals surface area (Å²) in [6.45, 7) is 2.17. The van der Waals surface area contributed by atoms with E-state index in [0.29, 0.717) is 17.7 Å². The smallest absolute Gasteiger partial charge is 0.411 e. The van der Waals surface area contributed by atoms with Gasteiger partial charge in [-0.05, 0) is 19.1 Å². The zero-order chi connectivity index (χ0) is 12.6. The summed E-state index contributed by atoms with van der Waals surface area (Å²) in [5.74, 6) is 0.619. The van der Waals surface area contributed by atoms with Gasteiger partial charge in [0.2, 0.25) is 0 Å². The van der Waals surface area contributed by atoms with E-state index < -0.39 is 7.60 Å². The van der Waals surface area contributed by atoms with Crippen LogP contribution in [0.2, 0.25) is 0 Å². The first kappa shape index (κ1) is 11.5. The highest BCUT2D eigenvalue weighted by atomic mass is 31.2. The zero-order valence-electron chi connectivity index (χ0n) is 10.00. The van der Waals surface area contributed by atoms with Gasteiger partial charge in [0.15, 0.2) is 0 Å². The molecule has 92 valence electrons. The van der Waals surface area contributed by atoms with Crippen molar-refractivity contribution in [3.63, 3.8) is 0 Å². The fourth-order valence-corrected chi connectivity index (χ4v) is 3.96. The molecule has 0 bridgehead atoms. The lowest BCUT2D eigenvalue weighted by molar-refractivity contribution is 0.288. The van der Waals surface area contributed by atoms with Crippen LogP contribution in [0.4, 0.5) is 0 Å². The monoisotopic (exact) mass is 260 g/mol. The van der Waals surface area contributed by atoms with Crippen LogP contribution in [0.25, 0.3) is 11.1 Å². The molecule has 1 unspecified atom stereocenters. The Bertz CT molecular complexity index is 636. The minimum absolute atomic E-state index is 0.355. The van der Waals surface area contributed by atoms with Gasteiger partial charge in [0.05, 0.1) is 11.9 Å². The molecule has 3 rings (SSSR count). The molecule has 4 heteroatoms. The van der Waals surface area contributed by atoms with Crippen LogP contribution in [-0.4, -0.2) is 6.61 Å². The lowest BCUT2D eigenvalue weighted by Gasteiger charge is -2.27. The van der Waals surface area contributed by atoms with Crippen molar-refractivity contribution in [1.29, 1.82) is 0 Å². The number of para-hydroxylation sites is 1. The van der Waals surface area contributed by atoms with Gasteiger partial charge in [-0.1, -0.05) is 36.4 Å². The summed E-state index contributed by atoms with van der Waals surface area (Å²) in [6, 6.07) is 15.1. The van der Waals surface area contributed by atoms with Crippen molar-refractivity contribution >= 4 is 12.9 Å². The first-order valence-corrected chi connectivity index (χ1v) is 7.42. The number of benzene rings is 2.